The number of amides is 2. The number of nitrogens with one attached hydrogen (secondary N) is 1. The van der Waals surface area contributed by atoms with E-state index in [-0.39, 0.29) is 19.6 Å². The summed E-state index contributed by atoms with van der Waals surface area (Å²) in [5.41, 5.74) is 0.114. The Labute approximate surface area is 235 Å². The molecule has 0 saturated carbocycles. The molecule has 36 heavy (non-hydrogen) atoms. The number of carbonyl (C=O) groups excluding carboxylic acids is 2. The molecule has 1 aliphatic heterocycles. The molecule has 1 aliphatic rings. The first kappa shape index (κ1) is 26.9. The second-order valence-corrected chi connectivity index (χ2v) is 11.5. The lowest BCUT2D eigenvalue weighted by Gasteiger charge is -2.52. The van der Waals surface area contributed by atoms with Crippen molar-refractivity contribution in [2.24, 2.45) is 0 Å². The average Bonchev–Trinajstić information content (AvgIpc) is 2.88. The van der Waals surface area contributed by atoms with E-state index in [1.807, 2.05) is 72.8 Å². The van der Waals surface area contributed by atoms with E-state index in [1.54, 1.807) is 4.90 Å². The van der Waals surface area contributed by atoms with Gasteiger partial charge in [-0.15, -0.1) is 0 Å². The monoisotopic (exact) mass is 678 g/mol. The van der Waals surface area contributed by atoms with Gasteiger partial charge < -0.3 is 15.2 Å². The van der Waals surface area contributed by atoms with Crippen LogP contribution in [0.2, 0.25) is 0 Å². The first-order valence-corrected chi connectivity index (χ1v) is 13.7. The van der Waals surface area contributed by atoms with Crippen molar-refractivity contribution in [3.05, 3.63) is 103 Å². The predicted octanol–water partition coefficient (Wildman–Crippen LogP) is 6.08. The number of halogens is 3. The minimum Gasteiger partial charge on any atom is -0.439 e. The number of carbonyl (C=O) groups is 2. The maximum Gasteiger partial charge on any atom is 0.411 e. The van der Waals surface area contributed by atoms with Crippen LogP contribution in [0.1, 0.15) is 29.5 Å². The van der Waals surface area contributed by atoms with Crippen molar-refractivity contribution in [2.75, 3.05) is 20.2 Å². The summed E-state index contributed by atoms with van der Waals surface area (Å²) in [7, 11) is 1.49. The lowest BCUT2D eigenvalue weighted by molar-refractivity contribution is -0.124. The molecule has 9 heteroatoms. The number of ether oxygens (including phenoxy) is 1. The van der Waals surface area contributed by atoms with Crippen molar-refractivity contribution in [3.8, 4) is 0 Å². The van der Waals surface area contributed by atoms with Gasteiger partial charge in [0.1, 0.15) is 0 Å². The van der Waals surface area contributed by atoms with Crippen molar-refractivity contribution < 1.29 is 19.4 Å². The van der Waals surface area contributed by atoms with Gasteiger partial charge in [0.25, 0.3) is 5.91 Å². The minimum atomic E-state index is -1.22. The molecule has 0 radical (unpaired) electrons. The first-order valence-electron chi connectivity index (χ1n) is 11.3. The van der Waals surface area contributed by atoms with Gasteiger partial charge in [-0.05, 0) is 59.5 Å². The normalized spacial score (nSPS) is 19.0. The molecule has 6 nitrogen and oxygen atoms in total. The van der Waals surface area contributed by atoms with Crippen LogP contribution in [-0.2, 0) is 20.7 Å². The lowest BCUT2D eigenvalue weighted by Crippen LogP contribution is -2.59. The van der Waals surface area contributed by atoms with Gasteiger partial charge in [0.05, 0.1) is 11.1 Å². The average molecular weight is 681 g/mol. The topological polar surface area (TPSA) is 78.9 Å². The van der Waals surface area contributed by atoms with Crippen LogP contribution >= 0.6 is 47.8 Å². The van der Waals surface area contributed by atoms with Crippen LogP contribution in [0, 0.1) is 0 Å². The molecule has 1 fully saturated rings. The second-order valence-electron chi connectivity index (χ2n) is 8.72. The first-order chi connectivity index (χ1) is 17.2. The second kappa shape index (κ2) is 11.0. The number of likely N-dealkylation sites (tertiary alicyclic amines) is 1. The molecule has 1 atom stereocenters. The van der Waals surface area contributed by atoms with E-state index >= 15 is 0 Å². The largest absolute Gasteiger partial charge is 0.439 e. The van der Waals surface area contributed by atoms with Crippen molar-refractivity contribution in [2.45, 2.75) is 24.0 Å². The molecule has 0 bridgehead atoms. The van der Waals surface area contributed by atoms with Crippen LogP contribution in [0.5, 0.6) is 0 Å². The summed E-state index contributed by atoms with van der Waals surface area (Å²) in [6, 6.07) is 23.0. The number of rotatable bonds is 5. The van der Waals surface area contributed by atoms with Crippen LogP contribution < -0.4 is 5.32 Å². The molecule has 2 amide bonds. The van der Waals surface area contributed by atoms with E-state index in [4.69, 9.17) is 4.74 Å². The number of aliphatic hydroxyl groups is 1. The van der Waals surface area contributed by atoms with E-state index in [0.29, 0.717) is 6.42 Å². The Balaban J connectivity index is 1.89. The molecule has 0 aromatic heterocycles. The summed E-state index contributed by atoms with van der Waals surface area (Å²) in [4.78, 5) is 27.0. The number of hydrogen-bond acceptors (Lipinski definition) is 4. The van der Waals surface area contributed by atoms with Gasteiger partial charge in [-0.25, -0.2) is 4.79 Å². The summed E-state index contributed by atoms with van der Waals surface area (Å²) in [6.07, 6.45) is -0.124. The number of likely N-dealkylation sites (N-methyl/N-ethyl adjacent to an activating group) is 1. The molecule has 4 rings (SSSR count). The Kier molecular flexibility index (Phi) is 8.24. The van der Waals surface area contributed by atoms with Gasteiger partial charge in [-0.3, -0.25) is 9.69 Å². The lowest BCUT2D eigenvalue weighted by atomic mass is 9.68. The van der Waals surface area contributed by atoms with Crippen molar-refractivity contribution in [3.63, 3.8) is 0 Å². The Morgan fingerprint density at radius 3 is 1.75 bits per heavy atom. The molecule has 1 heterocycles. The molecule has 3 aromatic carbocycles. The zero-order chi connectivity index (χ0) is 25.9. The third-order valence-electron chi connectivity index (χ3n) is 6.61. The summed E-state index contributed by atoms with van der Waals surface area (Å²) in [6.45, 7) is -0.176. The van der Waals surface area contributed by atoms with Crippen LogP contribution in [0.25, 0.3) is 0 Å². The van der Waals surface area contributed by atoms with Gasteiger partial charge >= 0.3 is 6.09 Å². The molecule has 188 valence electrons. The van der Waals surface area contributed by atoms with Crippen LogP contribution in [0.4, 0.5) is 4.79 Å². The van der Waals surface area contributed by atoms with Gasteiger partial charge in [-0.2, -0.15) is 0 Å². The number of nitrogens with zero attached hydrogens (tertiary/aromatic N) is 1. The molecule has 0 aliphatic carbocycles. The smallest absolute Gasteiger partial charge is 0.411 e. The molecule has 1 unspecified atom stereocenters. The summed E-state index contributed by atoms with van der Waals surface area (Å²) in [5, 5.41) is 14.5. The number of piperidine rings is 1. The summed E-state index contributed by atoms with van der Waals surface area (Å²) < 4.78 is 8.14. The van der Waals surface area contributed by atoms with E-state index in [2.05, 4.69) is 53.1 Å². The van der Waals surface area contributed by atoms with Crippen LogP contribution in [0.15, 0.2) is 86.2 Å². The van der Waals surface area contributed by atoms with Crippen molar-refractivity contribution in [1.29, 1.82) is 0 Å². The zero-order valence-corrected chi connectivity index (χ0v) is 24.3. The molecule has 3 aromatic rings. The molecular weight excluding hydrogens is 656 g/mol. The van der Waals surface area contributed by atoms with Gasteiger partial charge in [-0.1, -0.05) is 84.2 Å². The van der Waals surface area contributed by atoms with Gasteiger partial charge in [0.2, 0.25) is 0 Å². The third-order valence-corrected chi connectivity index (χ3v) is 8.20. The van der Waals surface area contributed by atoms with E-state index in [1.165, 1.54) is 7.05 Å². The molecule has 2 N–H and O–H groups in total. The van der Waals surface area contributed by atoms with Crippen molar-refractivity contribution in [1.82, 2.24) is 10.2 Å². The fourth-order valence-electron chi connectivity index (χ4n) is 4.76. The highest BCUT2D eigenvalue weighted by Crippen LogP contribution is 2.51. The molecular formula is C27H25Br3N2O4. The van der Waals surface area contributed by atoms with E-state index in [9.17, 15) is 14.7 Å². The van der Waals surface area contributed by atoms with E-state index < -0.39 is 23.1 Å². The van der Waals surface area contributed by atoms with Gasteiger partial charge in [0.15, 0.2) is 6.61 Å². The molecule has 1 saturated heterocycles. The number of benzene rings is 3. The predicted molar refractivity (Wildman–Crippen MR) is 148 cm³/mol. The molecule has 0 spiro atoms. The van der Waals surface area contributed by atoms with Gasteiger partial charge in [0, 0.05) is 33.4 Å². The highest BCUT2D eigenvalue weighted by Gasteiger charge is 2.53. The minimum absolute atomic E-state index is 0.194. The Morgan fingerprint density at radius 1 is 0.861 bits per heavy atom. The Hall–Kier alpha value is -2.20. The maximum atomic E-state index is 13.5. The van der Waals surface area contributed by atoms with Crippen molar-refractivity contribution >= 4 is 59.8 Å². The third kappa shape index (κ3) is 5.39. The van der Waals surface area contributed by atoms with E-state index in [0.717, 1.165) is 30.1 Å². The van der Waals surface area contributed by atoms with Crippen LogP contribution in [-0.4, -0.2) is 42.2 Å². The Morgan fingerprint density at radius 2 is 1.31 bits per heavy atom. The standard InChI is InChI=1S/C27H25Br3N2O4/c1-31-24(33)16-36-25(34)32-15-14-26(35,18-2-8-21(28)9-3-18)17-27(32,19-4-10-22(29)11-5-19)20-6-12-23(30)13-7-20/h2-13,35H,14-17H2,1H3,(H,31,33). The highest BCUT2D eigenvalue weighted by atomic mass is 79.9. The fraction of sp³-hybridized carbons (Fsp3) is 0.259. The maximum absolute atomic E-state index is 13.5. The quantitative estimate of drug-likeness (QED) is 0.342. The summed E-state index contributed by atoms with van der Waals surface area (Å²) in [5.74, 6) is -0.399. The fourth-order valence-corrected chi connectivity index (χ4v) is 5.55. The highest BCUT2D eigenvalue weighted by molar-refractivity contribution is 9.11. The zero-order valence-electron chi connectivity index (χ0n) is 19.5. The summed E-state index contributed by atoms with van der Waals surface area (Å²) >= 11 is 10.5. The SMILES string of the molecule is CNC(=O)COC(=O)N1CCC(O)(c2ccc(Br)cc2)CC1(c1ccc(Br)cc1)c1ccc(Br)cc1. The van der Waals surface area contributed by atoms with Crippen LogP contribution in [0.3, 0.4) is 0 Å². The Bertz CT molecular complexity index is 1190. The number of hydrogen-bond donors (Lipinski definition) is 2.